The number of hydrogen-bond donors (Lipinski definition) is 2. The van der Waals surface area contributed by atoms with Gasteiger partial charge in [-0.3, -0.25) is 9.52 Å². The van der Waals surface area contributed by atoms with Crippen molar-refractivity contribution in [3.8, 4) is 5.75 Å². The molecule has 1 atom stereocenters. The quantitative estimate of drug-likeness (QED) is 0.668. The van der Waals surface area contributed by atoms with Gasteiger partial charge in [-0.2, -0.15) is 0 Å². The average Bonchev–Trinajstić information content (AvgIpc) is 2.63. The lowest BCUT2D eigenvalue weighted by Crippen LogP contribution is -2.38. The van der Waals surface area contributed by atoms with Crippen molar-refractivity contribution >= 4 is 21.6 Å². The zero-order valence-electron chi connectivity index (χ0n) is 16.5. The minimum absolute atomic E-state index is 0.108. The van der Waals surface area contributed by atoms with E-state index in [1.165, 1.54) is 24.3 Å². The number of aryl methyl sites for hydroxylation is 2. The monoisotopic (exact) mass is 406 g/mol. The number of methoxy groups -OCH3 is 1. The highest BCUT2D eigenvalue weighted by molar-refractivity contribution is 7.92. The number of hydrogen-bond acceptors (Lipinski definition) is 5. The summed E-state index contributed by atoms with van der Waals surface area (Å²) < 4.78 is 38.0. The zero-order valence-corrected chi connectivity index (χ0v) is 17.3. The SMILES string of the molecule is COC[C@H](C)NC(=O)COc1ccc(S(=O)(=O)Nc2ccc(C)c(C)c2)cc1. The molecule has 8 heteroatoms. The summed E-state index contributed by atoms with van der Waals surface area (Å²) in [6.45, 7) is 5.95. The van der Waals surface area contributed by atoms with Crippen molar-refractivity contribution in [1.82, 2.24) is 5.32 Å². The lowest BCUT2D eigenvalue weighted by atomic mass is 10.1. The van der Waals surface area contributed by atoms with Crippen molar-refractivity contribution in [3.63, 3.8) is 0 Å². The van der Waals surface area contributed by atoms with Gasteiger partial charge in [0.25, 0.3) is 15.9 Å². The Bertz CT molecular complexity index is 911. The Morgan fingerprint density at radius 3 is 2.36 bits per heavy atom. The van der Waals surface area contributed by atoms with E-state index in [-0.39, 0.29) is 23.5 Å². The molecule has 0 aliphatic heterocycles. The van der Waals surface area contributed by atoms with Crippen LogP contribution in [0.4, 0.5) is 5.69 Å². The van der Waals surface area contributed by atoms with E-state index in [4.69, 9.17) is 9.47 Å². The molecule has 7 nitrogen and oxygen atoms in total. The highest BCUT2D eigenvalue weighted by atomic mass is 32.2. The highest BCUT2D eigenvalue weighted by Gasteiger charge is 2.15. The Labute approximate surface area is 166 Å². The second kappa shape index (κ2) is 9.57. The lowest BCUT2D eigenvalue weighted by molar-refractivity contribution is -0.124. The molecule has 0 saturated carbocycles. The van der Waals surface area contributed by atoms with Crippen molar-refractivity contribution in [2.45, 2.75) is 31.7 Å². The summed E-state index contributed by atoms with van der Waals surface area (Å²) in [4.78, 5) is 11.9. The molecule has 2 aromatic rings. The van der Waals surface area contributed by atoms with Crippen LogP contribution in [0.15, 0.2) is 47.4 Å². The van der Waals surface area contributed by atoms with E-state index < -0.39 is 10.0 Å². The third-order valence-corrected chi connectivity index (χ3v) is 5.48. The van der Waals surface area contributed by atoms with Gasteiger partial charge >= 0.3 is 0 Å². The number of sulfonamides is 1. The number of amides is 1. The molecule has 0 unspecified atom stereocenters. The van der Waals surface area contributed by atoms with Gasteiger partial charge in [0.2, 0.25) is 0 Å². The fraction of sp³-hybridized carbons (Fsp3) is 0.350. The predicted octanol–water partition coefficient (Wildman–Crippen LogP) is 2.63. The van der Waals surface area contributed by atoms with Gasteiger partial charge in [0.1, 0.15) is 5.75 Å². The Balaban J connectivity index is 1.97. The Kier molecular flexibility index (Phi) is 7.42. The molecular formula is C20H26N2O5S. The molecule has 152 valence electrons. The first kappa shape index (κ1) is 21.7. The zero-order chi connectivity index (χ0) is 20.7. The van der Waals surface area contributed by atoms with Crippen LogP contribution in [0.1, 0.15) is 18.1 Å². The standard InChI is InChI=1S/C20H26N2O5S/c1-14-5-6-17(11-15(14)2)22-28(24,25)19-9-7-18(8-10-19)27-13-20(23)21-16(3)12-26-4/h5-11,16,22H,12-13H2,1-4H3,(H,21,23)/t16-/m0/s1. The maximum absolute atomic E-state index is 12.5. The number of benzene rings is 2. The van der Waals surface area contributed by atoms with Crippen LogP contribution in [0.2, 0.25) is 0 Å². The van der Waals surface area contributed by atoms with Gasteiger partial charge in [-0.05, 0) is 68.3 Å². The van der Waals surface area contributed by atoms with E-state index in [2.05, 4.69) is 10.0 Å². The minimum Gasteiger partial charge on any atom is -0.484 e. The van der Waals surface area contributed by atoms with Gasteiger partial charge in [0.15, 0.2) is 6.61 Å². The van der Waals surface area contributed by atoms with Crippen LogP contribution >= 0.6 is 0 Å². The first-order valence-electron chi connectivity index (χ1n) is 8.82. The molecule has 0 heterocycles. The van der Waals surface area contributed by atoms with Crippen LogP contribution in [0.5, 0.6) is 5.75 Å². The summed E-state index contributed by atoms with van der Waals surface area (Å²) in [5.41, 5.74) is 2.59. The molecule has 1 amide bonds. The highest BCUT2D eigenvalue weighted by Crippen LogP contribution is 2.21. The number of ether oxygens (including phenoxy) is 2. The minimum atomic E-state index is -3.71. The molecular weight excluding hydrogens is 380 g/mol. The number of carbonyl (C=O) groups excluding carboxylic acids is 1. The normalized spacial score (nSPS) is 12.3. The van der Waals surface area contributed by atoms with Gasteiger partial charge in [-0.15, -0.1) is 0 Å². The molecule has 28 heavy (non-hydrogen) atoms. The summed E-state index contributed by atoms with van der Waals surface area (Å²) in [7, 11) is -2.15. The molecule has 0 saturated heterocycles. The van der Waals surface area contributed by atoms with Crippen LogP contribution in [-0.2, 0) is 19.6 Å². The average molecular weight is 407 g/mol. The summed E-state index contributed by atoms with van der Waals surface area (Å²) in [6, 6.07) is 11.2. The van der Waals surface area contributed by atoms with Crippen molar-refractivity contribution in [3.05, 3.63) is 53.6 Å². The maximum Gasteiger partial charge on any atom is 0.261 e. The third-order valence-electron chi connectivity index (χ3n) is 4.09. The maximum atomic E-state index is 12.5. The largest absolute Gasteiger partial charge is 0.484 e. The van der Waals surface area contributed by atoms with Crippen molar-refractivity contribution in [2.24, 2.45) is 0 Å². The summed E-state index contributed by atoms with van der Waals surface area (Å²) in [5.74, 6) is 0.123. The van der Waals surface area contributed by atoms with Gasteiger partial charge < -0.3 is 14.8 Å². The van der Waals surface area contributed by atoms with Gasteiger partial charge in [0, 0.05) is 18.8 Å². The van der Waals surface area contributed by atoms with Crippen LogP contribution in [0.3, 0.4) is 0 Å². The third kappa shape index (κ3) is 6.24. The van der Waals surface area contributed by atoms with E-state index in [1.54, 1.807) is 19.2 Å². The molecule has 2 N–H and O–H groups in total. The lowest BCUT2D eigenvalue weighted by Gasteiger charge is -2.13. The van der Waals surface area contributed by atoms with E-state index in [1.807, 2.05) is 26.8 Å². The molecule has 0 aromatic heterocycles. The van der Waals surface area contributed by atoms with E-state index in [0.717, 1.165) is 11.1 Å². The first-order valence-corrected chi connectivity index (χ1v) is 10.3. The van der Waals surface area contributed by atoms with Crippen LogP contribution in [0.25, 0.3) is 0 Å². The van der Waals surface area contributed by atoms with Crippen molar-refractivity contribution in [2.75, 3.05) is 25.0 Å². The van der Waals surface area contributed by atoms with Crippen LogP contribution < -0.4 is 14.8 Å². The van der Waals surface area contributed by atoms with Gasteiger partial charge in [0.05, 0.1) is 11.5 Å². The topological polar surface area (TPSA) is 93.7 Å². The molecule has 0 bridgehead atoms. The van der Waals surface area contributed by atoms with E-state index in [9.17, 15) is 13.2 Å². The number of rotatable bonds is 9. The second-order valence-corrected chi connectivity index (χ2v) is 8.27. The number of carbonyl (C=O) groups is 1. The molecule has 2 rings (SSSR count). The molecule has 0 radical (unpaired) electrons. The van der Waals surface area contributed by atoms with E-state index in [0.29, 0.717) is 18.0 Å². The second-order valence-electron chi connectivity index (χ2n) is 6.59. The fourth-order valence-electron chi connectivity index (χ4n) is 2.49. The molecule has 0 aliphatic rings. The van der Waals surface area contributed by atoms with Crippen molar-refractivity contribution < 1.29 is 22.7 Å². The summed E-state index contributed by atoms with van der Waals surface area (Å²) in [6.07, 6.45) is 0. The van der Waals surface area contributed by atoms with Gasteiger partial charge in [-0.1, -0.05) is 6.07 Å². The molecule has 0 fully saturated rings. The Hall–Kier alpha value is -2.58. The van der Waals surface area contributed by atoms with Crippen molar-refractivity contribution in [1.29, 1.82) is 0 Å². The summed E-state index contributed by atoms with van der Waals surface area (Å²) in [5, 5.41) is 2.73. The summed E-state index contributed by atoms with van der Waals surface area (Å²) >= 11 is 0. The smallest absolute Gasteiger partial charge is 0.261 e. The Morgan fingerprint density at radius 2 is 1.75 bits per heavy atom. The molecule has 0 spiro atoms. The van der Waals surface area contributed by atoms with Gasteiger partial charge in [-0.25, -0.2) is 8.42 Å². The number of anilines is 1. The first-order chi connectivity index (χ1) is 13.2. The van der Waals surface area contributed by atoms with Crippen LogP contribution in [-0.4, -0.2) is 40.7 Å². The Morgan fingerprint density at radius 1 is 1.07 bits per heavy atom. The molecule has 2 aromatic carbocycles. The molecule has 0 aliphatic carbocycles. The number of nitrogens with one attached hydrogen (secondary N) is 2. The van der Waals surface area contributed by atoms with Crippen LogP contribution in [0, 0.1) is 13.8 Å². The fourth-order valence-corrected chi connectivity index (χ4v) is 3.54. The van der Waals surface area contributed by atoms with E-state index >= 15 is 0 Å². The predicted molar refractivity (Wildman–Crippen MR) is 108 cm³/mol.